The number of nitrogens with zero attached hydrogens (tertiary/aromatic N) is 4. The molecule has 4 rings (SSSR count). The third-order valence-corrected chi connectivity index (χ3v) is 6.51. The highest BCUT2D eigenvalue weighted by atomic mass is 32.2. The van der Waals surface area contributed by atoms with Crippen molar-refractivity contribution in [3.8, 4) is 28.6 Å². The van der Waals surface area contributed by atoms with Crippen LogP contribution in [0, 0.1) is 0 Å². The summed E-state index contributed by atoms with van der Waals surface area (Å²) in [5.41, 5.74) is 5.30. The van der Waals surface area contributed by atoms with Gasteiger partial charge in [0, 0.05) is 12.1 Å². The number of aromatic nitrogens is 3. The van der Waals surface area contributed by atoms with Gasteiger partial charge in [0.2, 0.25) is 0 Å². The summed E-state index contributed by atoms with van der Waals surface area (Å²) in [5, 5.41) is 13.3. The van der Waals surface area contributed by atoms with Crippen LogP contribution in [0.3, 0.4) is 0 Å². The normalized spacial score (nSPS) is 10.9. The van der Waals surface area contributed by atoms with E-state index in [0.717, 1.165) is 28.3 Å². The molecular formula is C28H29N5O4S. The third-order valence-electron chi connectivity index (χ3n) is 5.54. The SMILES string of the molecule is CCn1c(SCC(=O)N/N=C/c2ccc(OC)c(OCc3ccccc3)c2)nnc1-c1ccc(OC)cc1. The van der Waals surface area contributed by atoms with Gasteiger partial charge in [-0.1, -0.05) is 42.1 Å². The number of benzene rings is 3. The lowest BCUT2D eigenvalue weighted by Crippen LogP contribution is -2.20. The van der Waals surface area contributed by atoms with E-state index >= 15 is 0 Å². The second kappa shape index (κ2) is 13.3. The van der Waals surface area contributed by atoms with Gasteiger partial charge in [-0.3, -0.25) is 4.79 Å². The number of hydrogen-bond acceptors (Lipinski definition) is 8. The first kappa shape index (κ1) is 26.7. The first-order valence-corrected chi connectivity index (χ1v) is 13.0. The molecule has 10 heteroatoms. The van der Waals surface area contributed by atoms with E-state index in [-0.39, 0.29) is 11.7 Å². The average molecular weight is 532 g/mol. The summed E-state index contributed by atoms with van der Waals surface area (Å²) < 4.78 is 18.5. The molecule has 0 saturated carbocycles. The highest BCUT2D eigenvalue weighted by Crippen LogP contribution is 2.28. The second-order valence-electron chi connectivity index (χ2n) is 8.05. The summed E-state index contributed by atoms with van der Waals surface area (Å²) in [7, 11) is 3.22. The molecule has 0 aliphatic carbocycles. The van der Waals surface area contributed by atoms with Gasteiger partial charge < -0.3 is 18.8 Å². The van der Waals surface area contributed by atoms with Crippen molar-refractivity contribution >= 4 is 23.9 Å². The van der Waals surface area contributed by atoms with E-state index in [1.54, 1.807) is 26.5 Å². The molecule has 0 atom stereocenters. The maximum absolute atomic E-state index is 12.4. The van der Waals surface area contributed by atoms with Crippen LogP contribution in [0.5, 0.6) is 17.2 Å². The van der Waals surface area contributed by atoms with Crippen LogP contribution in [0.4, 0.5) is 0 Å². The van der Waals surface area contributed by atoms with Crippen LogP contribution in [0.1, 0.15) is 18.1 Å². The summed E-state index contributed by atoms with van der Waals surface area (Å²) in [4.78, 5) is 12.4. The molecule has 0 fully saturated rings. The van der Waals surface area contributed by atoms with Crippen LogP contribution in [-0.4, -0.2) is 46.9 Å². The smallest absolute Gasteiger partial charge is 0.250 e. The number of carbonyl (C=O) groups excluding carboxylic acids is 1. The number of nitrogens with one attached hydrogen (secondary N) is 1. The van der Waals surface area contributed by atoms with Crippen molar-refractivity contribution in [1.29, 1.82) is 0 Å². The highest BCUT2D eigenvalue weighted by molar-refractivity contribution is 7.99. The van der Waals surface area contributed by atoms with Gasteiger partial charge in [-0.15, -0.1) is 10.2 Å². The quantitative estimate of drug-likeness (QED) is 0.159. The summed E-state index contributed by atoms with van der Waals surface area (Å²) >= 11 is 1.30. The predicted molar refractivity (Wildman–Crippen MR) is 148 cm³/mol. The van der Waals surface area contributed by atoms with Gasteiger partial charge >= 0.3 is 0 Å². The van der Waals surface area contributed by atoms with E-state index in [2.05, 4.69) is 20.7 Å². The average Bonchev–Trinajstić information content (AvgIpc) is 3.38. The Morgan fingerprint density at radius 1 is 1.00 bits per heavy atom. The molecule has 1 heterocycles. The van der Waals surface area contributed by atoms with Gasteiger partial charge in [0.15, 0.2) is 22.5 Å². The topological polar surface area (TPSA) is 99.9 Å². The molecule has 0 aliphatic rings. The molecule has 0 unspecified atom stereocenters. The van der Waals surface area contributed by atoms with Crippen molar-refractivity contribution in [3.63, 3.8) is 0 Å². The van der Waals surface area contributed by atoms with Crippen molar-refractivity contribution in [1.82, 2.24) is 20.2 Å². The Hall–Kier alpha value is -4.31. The van der Waals surface area contributed by atoms with Crippen molar-refractivity contribution in [3.05, 3.63) is 83.9 Å². The van der Waals surface area contributed by atoms with E-state index in [9.17, 15) is 4.79 Å². The Balaban J connectivity index is 1.33. The van der Waals surface area contributed by atoms with Crippen LogP contribution < -0.4 is 19.6 Å². The zero-order valence-corrected chi connectivity index (χ0v) is 22.3. The lowest BCUT2D eigenvalue weighted by molar-refractivity contribution is -0.118. The van der Waals surface area contributed by atoms with E-state index in [1.807, 2.05) is 78.2 Å². The molecule has 1 aromatic heterocycles. The Kier molecular flexibility index (Phi) is 9.36. The van der Waals surface area contributed by atoms with E-state index in [1.165, 1.54) is 11.8 Å². The standard InChI is InChI=1S/C28H29N5O4S/c1-4-33-27(22-11-13-23(35-2)14-12-22)31-32-28(33)38-19-26(34)30-29-17-21-10-15-24(36-3)25(16-21)37-18-20-8-6-5-7-9-20/h5-17H,4,18-19H2,1-3H3,(H,30,34)/b29-17+. The van der Waals surface area contributed by atoms with Crippen LogP contribution in [-0.2, 0) is 17.9 Å². The van der Waals surface area contributed by atoms with Crippen molar-refractivity contribution in [2.75, 3.05) is 20.0 Å². The Bertz CT molecular complexity index is 1370. The lowest BCUT2D eigenvalue weighted by Gasteiger charge is -2.11. The number of carbonyl (C=O) groups is 1. The number of amides is 1. The first-order chi connectivity index (χ1) is 18.6. The molecular weight excluding hydrogens is 502 g/mol. The minimum Gasteiger partial charge on any atom is -0.497 e. The number of thioether (sulfide) groups is 1. The summed E-state index contributed by atoms with van der Waals surface area (Å²) in [6.07, 6.45) is 1.56. The van der Waals surface area contributed by atoms with Gasteiger partial charge in [0.1, 0.15) is 12.4 Å². The van der Waals surface area contributed by atoms with Gasteiger partial charge in [-0.25, -0.2) is 5.43 Å². The third kappa shape index (κ3) is 6.92. The Labute approximate surface area is 225 Å². The molecule has 196 valence electrons. The molecule has 1 amide bonds. The molecule has 38 heavy (non-hydrogen) atoms. The minimum atomic E-state index is -0.253. The summed E-state index contributed by atoms with van der Waals surface area (Å²) in [6, 6.07) is 23.0. The molecule has 0 bridgehead atoms. The fourth-order valence-corrected chi connectivity index (χ4v) is 4.39. The number of methoxy groups -OCH3 is 2. The number of hydrogen-bond donors (Lipinski definition) is 1. The first-order valence-electron chi connectivity index (χ1n) is 12.0. The summed E-state index contributed by atoms with van der Waals surface area (Å²) in [5.74, 6) is 2.61. The van der Waals surface area contributed by atoms with Gasteiger partial charge in [0.25, 0.3) is 5.91 Å². The molecule has 3 aromatic carbocycles. The van der Waals surface area contributed by atoms with Gasteiger partial charge in [-0.2, -0.15) is 5.10 Å². The second-order valence-corrected chi connectivity index (χ2v) is 8.99. The molecule has 0 spiro atoms. The predicted octanol–water partition coefficient (Wildman–Crippen LogP) is 4.80. The minimum absolute atomic E-state index is 0.145. The lowest BCUT2D eigenvalue weighted by atomic mass is 10.2. The molecule has 0 radical (unpaired) electrons. The molecule has 4 aromatic rings. The summed E-state index contributed by atoms with van der Waals surface area (Å²) in [6.45, 7) is 3.09. The zero-order valence-electron chi connectivity index (χ0n) is 21.5. The van der Waals surface area contributed by atoms with Gasteiger partial charge in [0.05, 0.1) is 26.2 Å². The largest absolute Gasteiger partial charge is 0.497 e. The maximum Gasteiger partial charge on any atom is 0.250 e. The van der Waals surface area contributed by atoms with Crippen molar-refractivity contribution in [2.24, 2.45) is 5.10 Å². The van der Waals surface area contributed by atoms with Crippen LogP contribution in [0.2, 0.25) is 0 Å². The van der Waals surface area contributed by atoms with Crippen molar-refractivity contribution in [2.45, 2.75) is 25.2 Å². The van der Waals surface area contributed by atoms with Crippen molar-refractivity contribution < 1.29 is 19.0 Å². The zero-order chi connectivity index (χ0) is 26.7. The van der Waals surface area contributed by atoms with E-state index in [0.29, 0.717) is 29.8 Å². The molecule has 0 saturated heterocycles. The van der Waals surface area contributed by atoms with E-state index < -0.39 is 0 Å². The number of hydrazone groups is 1. The Morgan fingerprint density at radius 2 is 1.79 bits per heavy atom. The molecule has 9 nitrogen and oxygen atoms in total. The monoisotopic (exact) mass is 531 g/mol. The van der Waals surface area contributed by atoms with Crippen LogP contribution in [0.25, 0.3) is 11.4 Å². The fourth-order valence-electron chi connectivity index (χ4n) is 3.60. The molecule has 0 aliphatic heterocycles. The number of rotatable bonds is 12. The van der Waals surface area contributed by atoms with Crippen LogP contribution in [0.15, 0.2) is 83.1 Å². The fraction of sp³-hybridized carbons (Fsp3) is 0.214. The Morgan fingerprint density at radius 3 is 2.50 bits per heavy atom. The molecule has 1 N–H and O–H groups in total. The maximum atomic E-state index is 12.4. The number of ether oxygens (including phenoxy) is 3. The van der Waals surface area contributed by atoms with Crippen LogP contribution >= 0.6 is 11.8 Å². The van der Waals surface area contributed by atoms with E-state index in [4.69, 9.17) is 14.2 Å². The van der Waals surface area contributed by atoms with Gasteiger partial charge in [-0.05, 0) is 60.5 Å². The highest BCUT2D eigenvalue weighted by Gasteiger charge is 2.14.